The van der Waals surface area contributed by atoms with Crippen molar-refractivity contribution in [1.29, 1.82) is 0 Å². The van der Waals surface area contributed by atoms with Crippen LogP contribution in [0.2, 0.25) is 0 Å². The quantitative estimate of drug-likeness (QED) is 0.443. The Morgan fingerprint density at radius 3 is 2.68 bits per heavy atom. The Morgan fingerprint density at radius 1 is 1.39 bits per heavy atom. The molecule has 0 bridgehead atoms. The molecule has 4 nitrogen and oxygen atoms in total. The van der Waals surface area contributed by atoms with E-state index in [1.807, 2.05) is 0 Å². The Balaban J connectivity index is 1.50. The molecule has 3 aliphatic carbocycles. The zero-order valence-electron chi connectivity index (χ0n) is 16.1. The summed E-state index contributed by atoms with van der Waals surface area (Å²) in [6, 6.07) is 1.37. The summed E-state index contributed by atoms with van der Waals surface area (Å²) in [6.07, 6.45) is 0.835. The number of carbonyl (C=O) groups excluding carboxylic acids is 1. The molecule has 1 aromatic rings. The number of fused-ring (bicyclic) bond motifs is 1. The van der Waals surface area contributed by atoms with Crippen LogP contribution in [0.15, 0.2) is 21.4 Å². The van der Waals surface area contributed by atoms with Crippen LogP contribution in [0.1, 0.15) is 54.6 Å². The molecule has 1 aromatic heterocycles. The summed E-state index contributed by atoms with van der Waals surface area (Å²) in [4.78, 5) is 21.7. The van der Waals surface area contributed by atoms with Crippen molar-refractivity contribution in [2.24, 2.45) is 5.92 Å². The molecule has 2 fully saturated rings. The van der Waals surface area contributed by atoms with Gasteiger partial charge in [0, 0.05) is 0 Å². The van der Waals surface area contributed by atoms with Gasteiger partial charge in [0.25, 0.3) is 0 Å². The summed E-state index contributed by atoms with van der Waals surface area (Å²) in [5, 5.41) is 3.12. The molecule has 154 valence electrons. The predicted octanol–water partition coefficient (Wildman–Crippen LogP) is 4.83. The van der Waals surface area contributed by atoms with Gasteiger partial charge in [0.15, 0.2) is 0 Å². The summed E-state index contributed by atoms with van der Waals surface area (Å²) in [5.74, 6) is 0.357. The number of hydrogen-bond acceptors (Lipinski definition) is 3. The SMILES string of the molecule is CI(C)C1=C2CC2C(C)(NC(=O)c2cc(OCC(F)(F)F)c(C3CC3)cn2)C1. The van der Waals surface area contributed by atoms with Crippen LogP contribution in [0.3, 0.4) is 0 Å². The van der Waals surface area contributed by atoms with Crippen molar-refractivity contribution in [3.05, 3.63) is 32.7 Å². The Labute approximate surface area is 169 Å². The first-order valence-electron chi connectivity index (χ1n) is 9.31. The van der Waals surface area contributed by atoms with Gasteiger partial charge in [0.2, 0.25) is 0 Å². The first kappa shape index (κ1) is 20.0. The van der Waals surface area contributed by atoms with E-state index in [9.17, 15) is 18.0 Å². The van der Waals surface area contributed by atoms with Crippen molar-refractivity contribution in [3.63, 3.8) is 0 Å². The van der Waals surface area contributed by atoms with Gasteiger partial charge in [0.1, 0.15) is 0 Å². The molecule has 3 aliphatic rings. The summed E-state index contributed by atoms with van der Waals surface area (Å²) < 4.78 is 44.4. The molecule has 0 aromatic carbocycles. The zero-order chi connectivity index (χ0) is 20.3. The number of pyridine rings is 1. The number of nitrogens with one attached hydrogen (secondary N) is 1. The number of ether oxygens (including phenoxy) is 1. The van der Waals surface area contributed by atoms with Crippen molar-refractivity contribution >= 4 is 25.7 Å². The van der Waals surface area contributed by atoms with Crippen molar-refractivity contribution in [1.82, 2.24) is 10.3 Å². The van der Waals surface area contributed by atoms with Gasteiger partial charge < -0.3 is 0 Å². The zero-order valence-corrected chi connectivity index (χ0v) is 18.3. The number of rotatable bonds is 6. The molecule has 0 radical (unpaired) electrons. The van der Waals surface area contributed by atoms with Gasteiger partial charge in [-0.05, 0) is 0 Å². The molecule has 8 heteroatoms. The number of hydrogen-bond donors (Lipinski definition) is 1. The van der Waals surface area contributed by atoms with Gasteiger partial charge in [-0.25, -0.2) is 0 Å². The van der Waals surface area contributed by atoms with E-state index in [-0.39, 0.29) is 28.8 Å². The predicted molar refractivity (Wildman–Crippen MR) is 109 cm³/mol. The Kier molecular flexibility index (Phi) is 4.91. The van der Waals surface area contributed by atoms with E-state index in [0.717, 1.165) is 25.7 Å². The number of halogens is 4. The number of carbonyl (C=O) groups is 1. The van der Waals surface area contributed by atoms with E-state index in [1.165, 1.54) is 17.8 Å². The van der Waals surface area contributed by atoms with E-state index in [4.69, 9.17) is 4.74 Å². The van der Waals surface area contributed by atoms with Gasteiger partial charge in [-0.2, -0.15) is 0 Å². The number of amides is 1. The molecule has 2 unspecified atom stereocenters. The molecular formula is C20H24F3IN2O2. The first-order valence-corrected chi connectivity index (χ1v) is 14.7. The Hall–Kier alpha value is -1.32. The molecule has 28 heavy (non-hydrogen) atoms. The van der Waals surface area contributed by atoms with Gasteiger partial charge in [-0.15, -0.1) is 0 Å². The van der Waals surface area contributed by atoms with Crippen LogP contribution in [0.5, 0.6) is 5.75 Å². The first-order chi connectivity index (χ1) is 13.1. The van der Waals surface area contributed by atoms with Crippen molar-refractivity contribution in [2.75, 3.05) is 16.5 Å². The third-order valence-corrected chi connectivity index (χ3v) is 9.39. The van der Waals surface area contributed by atoms with Crippen LogP contribution >= 0.6 is 19.8 Å². The maximum atomic E-state index is 12.8. The molecule has 2 saturated carbocycles. The van der Waals surface area contributed by atoms with Crippen LogP contribution in [0.4, 0.5) is 13.2 Å². The average molecular weight is 508 g/mol. The molecule has 1 amide bonds. The normalized spacial score (nSPS) is 26.8. The van der Waals surface area contributed by atoms with E-state index >= 15 is 0 Å². The van der Waals surface area contributed by atoms with Gasteiger partial charge in [-0.1, -0.05) is 0 Å². The third-order valence-electron chi connectivity index (χ3n) is 5.72. The molecular weight excluding hydrogens is 484 g/mol. The fourth-order valence-electron chi connectivity index (χ4n) is 4.02. The van der Waals surface area contributed by atoms with E-state index < -0.39 is 32.6 Å². The monoisotopic (exact) mass is 508 g/mol. The molecule has 1 N–H and O–H groups in total. The van der Waals surface area contributed by atoms with Gasteiger partial charge >= 0.3 is 170 Å². The van der Waals surface area contributed by atoms with Crippen LogP contribution in [0.25, 0.3) is 0 Å². The molecule has 0 saturated heterocycles. The molecule has 2 atom stereocenters. The van der Waals surface area contributed by atoms with E-state index in [1.54, 1.807) is 3.58 Å². The van der Waals surface area contributed by atoms with E-state index in [0.29, 0.717) is 11.5 Å². The van der Waals surface area contributed by atoms with Crippen molar-refractivity contribution < 1.29 is 22.7 Å². The summed E-state index contributed by atoms with van der Waals surface area (Å²) in [5.41, 5.74) is 1.98. The standard InChI is InChI=1S/C20H24F3IN2O2/c1-19(8-15(24(2)3)12-6-14(12)19)26-18(27)16-7-17(28-10-20(21,22)23)13(9-25-16)11-4-5-11/h7,9,11,14H,4-6,8,10H2,1-3H3,(H,26,27). The topological polar surface area (TPSA) is 51.2 Å². The van der Waals surface area contributed by atoms with Crippen LogP contribution in [-0.2, 0) is 0 Å². The summed E-state index contributed by atoms with van der Waals surface area (Å²) in [7, 11) is 0. The summed E-state index contributed by atoms with van der Waals surface area (Å²) >= 11 is -1.07. The Bertz CT molecular complexity index is 848. The molecule has 4 rings (SSSR count). The van der Waals surface area contributed by atoms with Crippen LogP contribution in [-0.4, -0.2) is 39.1 Å². The Morgan fingerprint density at radius 2 is 2.11 bits per heavy atom. The van der Waals surface area contributed by atoms with Gasteiger partial charge in [-0.3, -0.25) is 0 Å². The molecule has 0 spiro atoms. The minimum absolute atomic E-state index is 0.113. The fourth-order valence-corrected chi connectivity index (χ4v) is 7.55. The maximum absolute atomic E-state index is 12.8. The van der Waals surface area contributed by atoms with Crippen LogP contribution < -0.4 is 10.1 Å². The molecule has 1 heterocycles. The number of alkyl halides is 5. The second-order valence-corrected chi connectivity index (χ2v) is 13.9. The third kappa shape index (κ3) is 4.02. The molecule has 0 aliphatic heterocycles. The van der Waals surface area contributed by atoms with Crippen molar-refractivity contribution in [3.8, 4) is 5.75 Å². The number of aromatic nitrogens is 1. The van der Waals surface area contributed by atoms with Crippen molar-refractivity contribution in [2.45, 2.75) is 50.2 Å². The average Bonchev–Trinajstić information content (AvgIpc) is 3.50. The second-order valence-electron chi connectivity index (χ2n) is 8.28. The fraction of sp³-hybridized carbons (Fsp3) is 0.600. The van der Waals surface area contributed by atoms with Crippen LogP contribution in [0, 0.1) is 5.92 Å². The number of nitrogens with zero attached hydrogens (tertiary/aromatic N) is 1. The summed E-state index contributed by atoms with van der Waals surface area (Å²) in [6.45, 7) is 0.697. The van der Waals surface area contributed by atoms with Gasteiger partial charge in [0.05, 0.1) is 0 Å². The minimum atomic E-state index is -4.42. The second kappa shape index (κ2) is 6.88. The van der Waals surface area contributed by atoms with E-state index in [2.05, 4.69) is 27.1 Å².